The van der Waals surface area contributed by atoms with Crippen molar-refractivity contribution in [1.29, 1.82) is 0 Å². The molecule has 1 aliphatic rings. The van der Waals surface area contributed by atoms with E-state index in [2.05, 4.69) is 10.6 Å². The predicted molar refractivity (Wildman–Crippen MR) is 90.5 cm³/mol. The Morgan fingerprint density at radius 3 is 2.78 bits per heavy atom. The number of rotatable bonds is 4. The van der Waals surface area contributed by atoms with E-state index in [-0.39, 0.29) is 5.82 Å². The van der Waals surface area contributed by atoms with Gasteiger partial charge in [-0.1, -0.05) is 0 Å². The number of carbonyl (C=O) groups is 1. The summed E-state index contributed by atoms with van der Waals surface area (Å²) in [6.07, 6.45) is 0.517. The second-order valence-electron chi connectivity index (χ2n) is 6.90. The van der Waals surface area contributed by atoms with Crippen molar-refractivity contribution in [3.63, 3.8) is 0 Å². The van der Waals surface area contributed by atoms with Crippen molar-refractivity contribution in [1.82, 2.24) is 5.32 Å². The molecule has 0 bridgehead atoms. The molecule has 6 heteroatoms. The third-order valence-electron chi connectivity index (χ3n) is 3.80. The standard InChI is InChI=1S/C17H26FN3O2/c1-17(2,3)23-16(22)20-10-12-7-8-21(11-12)15-6-5-13(19-4)9-14(15)18/h5-6,9,12,19H,7-8,10-11H2,1-4H3,(H,20,22)/t12-/m1/s1. The minimum atomic E-state index is -0.496. The molecule has 1 aliphatic heterocycles. The normalized spacial score (nSPS) is 18.0. The van der Waals surface area contributed by atoms with Gasteiger partial charge < -0.3 is 20.3 Å². The highest BCUT2D eigenvalue weighted by molar-refractivity contribution is 5.67. The molecule has 1 atom stereocenters. The first-order valence-corrected chi connectivity index (χ1v) is 7.97. The highest BCUT2D eigenvalue weighted by Gasteiger charge is 2.25. The maximum absolute atomic E-state index is 14.1. The first kappa shape index (κ1) is 17.4. The monoisotopic (exact) mass is 323 g/mol. The average molecular weight is 323 g/mol. The lowest BCUT2D eigenvalue weighted by atomic mass is 10.1. The summed E-state index contributed by atoms with van der Waals surface area (Å²) in [6, 6.07) is 5.16. The van der Waals surface area contributed by atoms with Crippen LogP contribution in [-0.4, -0.2) is 38.4 Å². The number of ether oxygens (including phenoxy) is 1. The zero-order chi connectivity index (χ0) is 17.0. The van der Waals surface area contributed by atoms with E-state index in [1.165, 1.54) is 6.07 Å². The van der Waals surface area contributed by atoms with Crippen LogP contribution in [0.1, 0.15) is 27.2 Å². The molecular weight excluding hydrogens is 297 g/mol. The van der Waals surface area contributed by atoms with Gasteiger partial charge in [0.05, 0.1) is 5.69 Å². The lowest BCUT2D eigenvalue weighted by Crippen LogP contribution is -2.36. The van der Waals surface area contributed by atoms with Crippen molar-refractivity contribution >= 4 is 17.5 Å². The Morgan fingerprint density at radius 1 is 1.43 bits per heavy atom. The topological polar surface area (TPSA) is 53.6 Å². The summed E-state index contributed by atoms with van der Waals surface area (Å²) in [5.41, 5.74) is 0.877. The van der Waals surface area contributed by atoms with Crippen LogP contribution in [0.25, 0.3) is 0 Å². The molecule has 1 aromatic rings. The quantitative estimate of drug-likeness (QED) is 0.893. The maximum atomic E-state index is 14.1. The Bertz CT molecular complexity index is 557. The Labute approximate surface area is 137 Å². The number of amides is 1. The van der Waals surface area contributed by atoms with Crippen LogP contribution in [0.15, 0.2) is 18.2 Å². The van der Waals surface area contributed by atoms with Gasteiger partial charge in [-0.3, -0.25) is 0 Å². The van der Waals surface area contributed by atoms with Crippen molar-refractivity contribution in [3.8, 4) is 0 Å². The van der Waals surface area contributed by atoms with Gasteiger partial charge >= 0.3 is 6.09 Å². The summed E-state index contributed by atoms with van der Waals surface area (Å²) in [5, 5.41) is 5.72. The van der Waals surface area contributed by atoms with E-state index in [0.29, 0.717) is 18.2 Å². The number of benzene rings is 1. The Hall–Kier alpha value is -1.98. The molecule has 0 aromatic heterocycles. The predicted octanol–water partition coefficient (Wildman–Crippen LogP) is 3.22. The number of carbonyl (C=O) groups excluding carboxylic acids is 1. The molecule has 1 fully saturated rings. The van der Waals surface area contributed by atoms with Crippen LogP contribution in [0.4, 0.5) is 20.6 Å². The summed E-state index contributed by atoms with van der Waals surface area (Å²) >= 11 is 0. The van der Waals surface area contributed by atoms with E-state index < -0.39 is 11.7 Å². The van der Waals surface area contributed by atoms with Crippen molar-refractivity contribution in [2.45, 2.75) is 32.8 Å². The molecule has 2 N–H and O–H groups in total. The van der Waals surface area contributed by atoms with Crippen molar-refractivity contribution in [2.24, 2.45) is 5.92 Å². The second kappa shape index (κ2) is 7.06. The molecule has 1 amide bonds. The molecule has 0 saturated carbocycles. The van der Waals surface area contributed by atoms with Crippen LogP contribution >= 0.6 is 0 Å². The molecule has 1 heterocycles. The first-order valence-electron chi connectivity index (χ1n) is 7.97. The third-order valence-corrected chi connectivity index (χ3v) is 3.80. The highest BCUT2D eigenvalue weighted by Crippen LogP contribution is 2.28. The number of halogens is 1. The van der Waals surface area contributed by atoms with Gasteiger partial charge in [0.1, 0.15) is 11.4 Å². The Balaban J connectivity index is 1.85. The fourth-order valence-corrected chi connectivity index (χ4v) is 2.68. The molecule has 1 aromatic carbocycles. The van der Waals surface area contributed by atoms with Gasteiger partial charge in [0, 0.05) is 32.4 Å². The third kappa shape index (κ3) is 5.01. The number of hydrogen-bond donors (Lipinski definition) is 2. The van der Waals surface area contributed by atoms with Gasteiger partial charge in [-0.2, -0.15) is 0 Å². The van der Waals surface area contributed by atoms with E-state index in [1.54, 1.807) is 13.1 Å². The number of hydrogen-bond acceptors (Lipinski definition) is 4. The molecule has 1 saturated heterocycles. The smallest absolute Gasteiger partial charge is 0.407 e. The molecule has 0 aliphatic carbocycles. The van der Waals surface area contributed by atoms with Crippen molar-refractivity contribution < 1.29 is 13.9 Å². The second-order valence-corrected chi connectivity index (χ2v) is 6.90. The summed E-state index contributed by atoms with van der Waals surface area (Å²) in [4.78, 5) is 13.7. The largest absolute Gasteiger partial charge is 0.444 e. The fraction of sp³-hybridized carbons (Fsp3) is 0.588. The van der Waals surface area contributed by atoms with E-state index in [9.17, 15) is 9.18 Å². The molecule has 128 valence electrons. The van der Waals surface area contributed by atoms with Crippen LogP contribution < -0.4 is 15.5 Å². The van der Waals surface area contributed by atoms with Gasteiger partial charge in [0.2, 0.25) is 0 Å². The van der Waals surface area contributed by atoms with Crippen LogP contribution in [-0.2, 0) is 4.74 Å². The summed E-state index contributed by atoms with van der Waals surface area (Å²) in [5.74, 6) is 0.0727. The van der Waals surface area contributed by atoms with Crippen molar-refractivity contribution in [3.05, 3.63) is 24.0 Å². The van der Waals surface area contributed by atoms with E-state index in [4.69, 9.17) is 4.74 Å². The number of nitrogens with one attached hydrogen (secondary N) is 2. The Morgan fingerprint density at radius 2 is 2.17 bits per heavy atom. The summed E-state index contributed by atoms with van der Waals surface area (Å²) in [7, 11) is 1.77. The van der Waals surface area contributed by atoms with Gasteiger partial charge in [-0.05, 0) is 51.3 Å². The molecule has 2 rings (SSSR count). The van der Waals surface area contributed by atoms with E-state index in [1.807, 2.05) is 31.7 Å². The maximum Gasteiger partial charge on any atom is 0.407 e. The molecule has 0 unspecified atom stereocenters. The van der Waals surface area contributed by atoms with Crippen LogP contribution in [0.2, 0.25) is 0 Å². The number of anilines is 2. The van der Waals surface area contributed by atoms with Gasteiger partial charge in [-0.25, -0.2) is 9.18 Å². The minimum absolute atomic E-state index is 0.224. The molecule has 5 nitrogen and oxygen atoms in total. The zero-order valence-corrected chi connectivity index (χ0v) is 14.3. The fourth-order valence-electron chi connectivity index (χ4n) is 2.68. The van der Waals surface area contributed by atoms with Gasteiger partial charge in [0.15, 0.2) is 0 Å². The average Bonchev–Trinajstić information content (AvgIpc) is 2.91. The highest BCUT2D eigenvalue weighted by atomic mass is 19.1. The number of nitrogens with zero attached hydrogens (tertiary/aromatic N) is 1. The minimum Gasteiger partial charge on any atom is -0.444 e. The summed E-state index contributed by atoms with van der Waals surface area (Å²) in [6.45, 7) is 7.56. The number of alkyl carbamates (subject to hydrolysis) is 1. The molecule has 0 spiro atoms. The molecule has 0 radical (unpaired) electrons. The molecule has 23 heavy (non-hydrogen) atoms. The van der Waals surface area contributed by atoms with Gasteiger partial charge in [0.25, 0.3) is 0 Å². The van der Waals surface area contributed by atoms with Gasteiger partial charge in [-0.15, -0.1) is 0 Å². The van der Waals surface area contributed by atoms with Crippen LogP contribution in [0, 0.1) is 11.7 Å². The zero-order valence-electron chi connectivity index (χ0n) is 14.3. The lowest BCUT2D eigenvalue weighted by molar-refractivity contribution is 0.0520. The Kier molecular flexibility index (Phi) is 5.34. The lowest BCUT2D eigenvalue weighted by Gasteiger charge is -2.21. The first-order chi connectivity index (χ1) is 10.8. The van der Waals surface area contributed by atoms with E-state index in [0.717, 1.165) is 25.2 Å². The van der Waals surface area contributed by atoms with Crippen molar-refractivity contribution in [2.75, 3.05) is 36.9 Å². The van der Waals surface area contributed by atoms with E-state index >= 15 is 0 Å². The summed E-state index contributed by atoms with van der Waals surface area (Å²) < 4.78 is 19.4. The van der Waals surface area contributed by atoms with Crippen LogP contribution in [0.5, 0.6) is 0 Å². The van der Waals surface area contributed by atoms with Crippen LogP contribution in [0.3, 0.4) is 0 Å². The SMILES string of the molecule is CNc1ccc(N2CC[C@H](CNC(=O)OC(C)(C)C)C2)c(F)c1. The molecular formula is C17H26FN3O2.